The first-order valence-electron chi connectivity index (χ1n) is 10.4. The third-order valence-corrected chi connectivity index (χ3v) is 7.05. The van der Waals surface area contributed by atoms with Crippen LogP contribution in [0, 0.1) is 25.6 Å². The number of rotatable bonds is 5. The Kier molecular flexibility index (Phi) is 6.48. The van der Waals surface area contributed by atoms with Crippen molar-refractivity contribution in [1.82, 2.24) is 24.5 Å². The summed E-state index contributed by atoms with van der Waals surface area (Å²) >= 11 is 7.56. The third-order valence-electron chi connectivity index (χ3n) is 5.87. The number of likely N-dealkylation sites (tertiary alicyclic amines) is 1. The van der Waals surface area contributed by atoms with E-state index in [0.29, 0.717) is 34.0 Å². The van der Waals surface area contributed by atoms with Gasteiger partial charge in [-0.1, -0.05) is 36.4 Å². The summed E-state index contributed by atoms with van der Waals surface area (Å²) in [5.41, 5.74) is 3.53. The van der Waals surface area contributed by atoms with Crippen molar-refractivity contribution in [2.75, 3.05) is 18.8 Å². The minimum atomic E-state index is -0.359. The maximum atomic E-state index is 13.4. The molecule has 9 heteroatoms. The van der Waals surface area contributed by atoms with E-state index >= 15 is 0 Å². The molecular weight excluding hydrogens is 437 g/mol. The summed E-state index contributed by atoms with van der Waals surface area (Å²) < 4.78 is 15.1. The quantitative estimate of drug-likeness (QED) is 0.524. The van der Waals surface area contributed by atoms with Gasteiger partial charge in [0.2, 0.25) is 11.1 Å². The average Bonchev–Trinajstić information content (AvgIpc) is 3.14. The second-order valence-corrected chi connectivity index (χ2v) is 9.48. The number of hydrogen-bond donors (Lipinski definition) is 0. The predicted molar refractivity (Wildman–Crippen MR) is 120 cm³/mol. The van der Waals surface area contributed by atoms with Gasteiger partial charge in [0.05, 0.1) is 5.75 Å². The molecule has 1 aliphatic heterocycles. The monoisotopic (exact) mass is 461 g/mol. The highest BCUT2D eigenvalue weighted by Gasteiger charge is 2.21. The van der Waals surface area contributed by atoms with Crippen LogP contribution in [0.5, 0.6) is 0 Å². The van der Waals surface area contributed by atoms with Gasteiger partial charge >= 0.3 is 0 Å². The van der Waals surface area contributed by atoms with Gasteiger partial charge in [-0.2, -0.15) is 4.98 Å². The number of carbonyl (C=O) groups excluding carboxylic acids is 1. The van der Waals surface area contributed by atoms with Gasteiger partial charge in [-0.3, -0.25) is 4.79 Å². The number of benzene rings is 1. The summed E-state index contributed by atoms with van der Waals surface area (Å²) in [6.45, 7) is 7.76. The Hall–Kier alpha value is -2.19. The maximum absolute atomic E-state index is 13.4. The molecule has 0 N–H and O–H groups in total. The van der Waals surface area contributed by atoms with Crippen LogP contribution < -0.4 is 0 Å². The van der Waals surface area contributed by atoms with Crippen molar-refractivity contribution < 1.29 is 9.18 Å². The van der Waals surface area contributed by atoms with Crippen molar-refractivity contribution in [3.8, 4) is 0 Å². The van der Waals surface area contributed by atoms with Crippen LogP contribution in [0.4, 0.5) is 4.39 Å². The molecule has 0 atom stereocenters. The largest absolute Gasteiger partial charge is 0.342 e. The molecule has 4 rings (SSSR count). The van der Waals surface area contributed by atoms with Gasteiger partial charge in [0.15, 0.2) is 0 Å². The number of nitrogens with zero attached hydrogens (tertiary/aromatic N) is 5. The summed E-state index contributed by atoms with van der Waals surface area (Å²) in [4.78, 5) is 23.5. The van der Waals surface area contributed by atoms with Crippen molar-refractivity contribution in [1.29, 1.82) is 0 Å². The number of halogens is 2. The zero-order valence-electron chi connectivity index (χ0n) is 17.9. The van der Waals surface area contributed by atoms with Crippen LogP contribution in [0.15, 0.2) is 23.4 Å². The summed E-state index contributed by atoms with van der Waals surface area (Å²) in [6, 6.07) is 4.41. The molecule has 0 bridgehead atoms. The number of piperidine rings is 1. The van der Waals surface area contributed by atoms with Crippen LogP contribution in [-0.4, -0.2) is 49.2 Å². The summed E-state index contributed by atoms with van der Waals surface area (Å²) in [5.74, 6) is 1.28. The van der Waals surface area contributed by atoms with E-state index in [4.69, 9.17) is 11.6 Å². The zero-order valence-corrected chi connectivity index (χ0v) is 19.4. The highest BCUT2D eigenvalue weighted by molar-refractivity contribution is 7.99. The van der Waals surface area contributed by atoms with Gasteiger partial charge in [-0.05, 0) is 55.9 Å². The fourth-order valence-electron chi connectivity index (χ4n) is 3.84. The normalized spacial score (nSPS) is 15.1. The van der Waals surface area contributed by atoms with E-state index in [1.54, 1.807) is 10.6 Å². The second-order valence-electron chi connectivity index (χ2n) is 8.13. The van der Waals surface area contributed by atoms with Crippen LogP contribution in [-0.2, 0) is 11.2 Å². The molecule has 6 nitrogen and oxygen atoms in total. The lowest BCUT2D eigenvalue weighted by Crippen LogP contribution is -2.38. The summed E-state index contributed by atoms with van der Waals surface area (Å²) in [7, 11) is 0. The fraction of sp³-hybridized carbons (Fsp3) is 0.455. The van der Waals surface area contributed by atoms with Gasteiger partial charge in [-0.15, -0.1) is 5.10 Å². The van der Waals surface area contributed by atoms with E-state index in [0.717, 1.165) is 48.4 Å². The van der Waals surface area contributed by atoms with Crippen molar-refractivity contribution in [2.45, 2.75) is 45.2 Å². The van der Waals surface area contributed by atoms with E-state index in [1.807, 2.05) is 18.7 Å². The van der Waals surface area contributed by atoms with Crippen molar-refractivity contribution >= 4 is 35.0 Å². The molecule has 1 saturated heterocycles. The highest BCUT2D eigenvalue weighted by Crippen LogP contribution is 2.25. The van der Waals surface area contributed by atoms with Crippen molar-refractivity contribution in [2.24, 2.45) is 5.92 Å². The minimum absolute atomic E-state index is 0.128. The van der Waals surface area contributed by atoms with E-state index in [9.17, 15) is 9.18 Å². The molecule has 31 heavy (non-hydrogen) atoms. The Morgan fingerprint density at radius 2 is 2.00 bits per heavy atom. The number of carbonyl (C=O) groups is 1. The van der Waals surface area contributed by atoms with Crippen molar-refractivity contribution in [3.05, 3.63) is 51.6 Å². The second kappa shape index (κ2) is 9.12. The minimum Gasteiger partial charge on any atom is -0.342 e. The van der Waals surface area contributed by atoms with Gasteiger partial charge < -0.3 is 4.90 Å². The topological polar surface area (TPSA) is 63.4 Å². The molecule has 1 aromatic carbocycles. The Bertz CT molecular complexity index is 1130. The first-order valence-corrected chi connectivity index (χ1v) is 11.8. The first-order chi connectivity index (χ1) is 14.8. The molecular formula is C22H25ClFN5OS. The van der Waals surface area contributed by atoms with E-state index in [1.165, 1.54) is 23.9 Å². The molecule has 3 heterocycles. The average molecular weight is 462 g/mol. The van der Waals surface area contributed by atoms with Crippen LogP contribution in [0.3, 0.4) is 0 Å². The van der Waals surface area contributed by atoms with Crippen LogP contribution in [0.25, 0.3) is 5.78 Å². The zero-order chi connectivity index (χ0) is 22.1. The molecule has 1 aliphatic rings. The van der Waals surface area contributed by atoms with Gasteiger partial charge in [-0.25, -0.2) is 13.9 Å². The Morgan fingerprint density at radius 3 is 2.71 bits per heavy atom. The maximum Gasteiger partial charge on any atom is 0.253 e. The van der Waals surface area contributed by atoms with E-state index in [2.05, 4.69) is 22.0 Å². The molecule has 0 aliphatic carbocycles. The smallest absolute Gasteiger partial charge is 0.253 e. The lowest BCUT2D eigenvalue weighted by Gasteiger charge is -2.30. The van der Waals surface area contributed by atoms with Gasteiger partial charge in [0, 0.05) is 35.9 Å². The molecule has 0 radical (unpaired) electrons. The summed E-state index contributed by atoms with van der Waals surface area (Å²) in [6.07, 6.45) is 2.65. The molecule has 1 fully saturated rings. The number of thioether (sulfide) groups is 1. The predicted octanol–water partition coefficient (Wildman–Crippen LogP) is 4.48. The Morgan fingerprint density at radius 1 is 1.26 bits per heavy atom. The molecule has 164 valence electrons. The summed E-state index contributed by atoms with van der Waals surface area (Å²) in [5, 5.41) is 5.48. The van der Waals surface area contributed by atoms with Crippen molar-refractivity contribution in [3.63, 3.8) is 0 Å². The Labute approximate surface area is 190 Å². The standard InChI is InChI=1S/C22H25ClFN5OS/c1-13-6-8-28(9-7-13)20(30)12-31-22-26-21-25-14(2)18(15(3)29(21)27-22)10-16-4-5-17(24)11-19(16)23/h4-5,11,13H,6-10,12H2,1-3H3. The van der Waals surface area contributed by atoms with Crippen LogP contribution in [0.2, 0.25) is 5.02 Å². The van der Waals surface area contributed by atoms with Crippen LogP contribution >= 0.6 is 23.4 Å². The number of aromatic nitrogens is 4. The molecule has 1 amide bonds. The Balaban J connectivity index is 1.51. The van der Waals surface area contributed by atoms with Gasteiger partial charge in [0.25, 0.3) is 5.78 Å². The lowest BCUT2D eigenvalue weighted by molar-refractivity contribution is -0.129. The number of hydrogen-bond acceptors (Lipinski definition) is 5. The third kappa shape index (κ3) is 4.85. The lowest BCUT2D eigenvalue weighted by atomic mass is 9.99. The number of aryl methyl sites for hydroxylation is 2. The molecule has 3 aromatic rings. The number of amides is 1. The molecule has 0 spiro atoms. The molecule has 0 saturated carbocycles. The van der Waals surface area contributed by atoms with Gasteiger partial charge in [0.1, 0.15) is 5.82 Å². The molecule has 2 aromatic heterocycles. The SMILES string of the molecule is Cc1nc2nc(SCC(=O)N3CCC(C)CC3)nn2c(C)c1Cc1ccc(F)cc1Cl. The van der Waals surface area contributed by atoms with E-state index < -0.39 is 0 Å². The highest BCUT2D eigenvalue weighted by atomic mass is 35.5. The molecule has 0 unspecified atom stereocenters. The van der Waals surface area contributed by atoms with E-state index in [-0.39, 0.29) is 11.7 Å². The number of fused-ring (bicyclic) bond motifs is 1. The fourth-order valence-corrected chi connectivity index (χ4v) is 4.79. The van der Waals surface area contributed by atoms with Crippen LogP contribution in [0.1, 0.15) is 42.3 Å². The first kappa shape index (κ1) is 22.0.